The minimum absolute atomic E-state index is 0.319. The molecule has 0 fully saturated rings. The van der Waals surface area contributed by atoms with E-state index in [0.717, 1.165) is 0 Å². The first-order valence-electron chi connectivity index (χ1n) is 0.998. The van der Waals surface area contributed by atoms with Gasteiger partial charge in [0.15, 0.2) is 0 Å². The van der Waals surface area contributed by atoms with E-state index < -0.39 is 0 Å². The first kappa shape index (κ1) is 4.22. The van der Waals surface area contributed by atoms with Crippen LogP contribution in [0.5, 0.6) is 0 Å². The molecule has 0 aromatic rings. The van der Waals surface area contributed by atoms with Crippen LogP contribution in [-0.4, -0.2) is 12.3 Å². The van der Waals surface area contributed by atoms with Crippen LogP contribution in [0.3, 0.4) is 0 Å². The second kappa shape index (κ2) is 3.22. The first-order valence-corrected chi connectivity index (χ1v) is 0.998. The quantitative estimate of drug-likeness (QED) is 0.302. The van der Waals surface area contributed by atoms with Crippen molar-refractivity contribution in [3.05, 3.63) is 0 Å². The Morgan fingerprint density at radius 2 is 2.40 bits per heavy atom. The third-order valence-corrected chi connectivity index (χ3v) is 0.123. The van der Waals surface area contributed by atoms with Gasteiger partial charge < -0.3 is 0 Å². The molecule has 0 spiro atoms. The van der Waals surface area contributed by atoms with Crippen LogP contribution < -0.4 is 0 Å². The Kier molecular flexibility index (Phi) is 2.73. The second-order valence-electron chi connectivity index (χ2n) is 0.374. The van der Waals surface area contributed by atoms with Gasteiger partial charge in [0.25, 0.3) is 0 Å². The van der Waals surface area contributed by atoms with Crippen LogP contribution >= 0.6 is 0 Å². The summed E-state index contributed by atoms with van der Waals surface area (Å²) in [5.41, 5.74) is 0. The van der Waals surface area contributed by atoms with Crippen LogP contribution in [0.4, 0.5) is 0 Å². The van der Waals surface area contributed by atoms with Crippen LogP contribution in [-0.2, 0) is 4.70 Å². The number of aliphatic hydroxyl groups excluding tert-OH is 1. The minimum atomic E-state index is 0.319. The predicted molar refractivity (Wildman–Crippen MR) is 16.2 cm³/mol. The normalized spacial score (nSPS) is 3.20. The Morgan fingerprint density at radius 3 is 2.40 bits per heavy atom. The molecule has 1 N–H and O–H groups in total. The molecule has 0 saturated carbocycles. The molecule has 0 atom stereocenters. The summed E-state index contributed by atoms with van der Waals surface area (Å²) in [6.45, 7) is 0. The van der Waals surface area contributed by atoms with Crippen molar-refractivity contribution in [3.63, 3.8) is 0 Å². The summed E-state index contributed by atoms with van der Waals surface area (Å²) >= 11 is 0. The molecule has 0 heterocycles. The summed E-state index contributed by atoms with van der Waals surface area (Å²) in [4.78, 5) is 0. The van der Waals surface area contributed by atoms with E-state index in [-0.39, 0.29) is 0 Å². The fourth-order valence-electron chi connectivity index (χ4n) is 0.0264. The monoisotopic (exact) mass is 68.0 g/mol. The number of hydrogen-bond acceptors (Lipinski definition) is 2. The average molecular weight is 67.8 g/mol. The van der Waals surface area contributed by atoms with Gasteiger partial charge in [0.1, 0.15) is 0 Å². The number of rotatable bonds is 0. The molecule has 0 aliphatic carbocycles. The van der Waals surface area contributed by atoms with Crippen LogP contribution in [0.15, 0.2) is 0 Å². The van der Waals surface area contributed by atoms with Gasteiger partial charge in [-0.2, -0.15) is 0 Å². The zero-order chi connectivity index (χ0) is 4.12. The van der Waals surface area contributed by atoms with Crippen molar-refractivity contribution in [2.45, 2.75) is 0 Å². The Labute approximate surface area is 30.1 Å². The first-order chi connectivity index (χ1) is 2.41. The summed E-state index contributed by atoms with van der Waals surface area (Å²) in [5.74, 6) is 1.74. The van der Waals surface area contributed by atoms with Crippen LogP contribution in [0, 0.1) is 11.9 Å². The van der Waals surface area contributed by atoms with E-state index in [1.807, 2.05) is 0 Å². The summed E-state index contributed by atoms with van der Waals surface area (Å²) in [6.07, 6.45) is 1.40. The molecule has 0 saturated heterocycles. The van der Waals surface area contributed by atoms with Crippen molar-refractivity contribution in [1.29, 1.82) is 0 Å². The molecule has 2 nitrogen and oxygen atoms in total. The van der Waals surface area contributed by atoms with Gasteiger partial charge in [-0.15, -0.1) is 0 Å². The zero-order valence-corrected chi connectivity index (χ0v) is 2.43. The molecule has 0 aliphatic rings. The van der Waals surface area contributed by atoms with E-state index in [2.05, 4.69) is 0 Å². The molecule has 0 radical (unpaired) electrons. The third-order valence-electron chi connectivity index (χ3n) is 0.123. The van der Waals surface area contributed by atoms with Gasteiger partial charge in [-0.25, -0.2) is 0 Å². The Bertz CT molecular complexity index is 77.4. The van der Waals surface area contributed by atoms with Gasteiger partial charge in [0.2, 0.25) is 0 Å². The van der Waals surface area contributed by atoms with E-state index in [1.165, 1.54) is 6.11 Å². The molecule has 0 unspecified atom stereocenters. The molecule has 0 bridgehead atoms. The van der Waals surface area contributed by atoms with Gasteiger partial charge in [-0.05, 0) is 0 Å². The summed E-state index contributed by atoms with van der Waals surface area (Å²) in [6, 6.07) is 0. The number of hydrogen-bond donors (Lipinski definition) is 1. The summed E-state index contributed by atoms with van der Waals surface area (Å²) in [7, 11) is 0.319. The molecule has 0 aliphatic heterocycles. The molecule has 5 heavy (non-hydrogen) atoms. The Balaban J connectivity index is 3.16. The van der Waals surface area contributed by atoms with Crippen molar-refractivity contribution in [3.8, 4) is 11.9 Å². The zero-order valence-electron chi connectivity index (χ0n) is 2.43. The molecule has 0 aromatic carbocycles. The van der Waals surface area contributed by atoms with Gasteiger partial charge in [0, 0.05) is 0 Å². The Hall–Kier alpha value is -0.775. The molecule has 0 aromatic heterocycles. The van der Waals surface area contributed by atoms with Crippen molar-refractivity contribution in [1.82, 2.24) is 0 Å². The van der Waals surface area contributed by atoms with Gasteiger partial charge in [-0.1, -0.05) is 0 Å². The van der Waals surface area contributed by atoms with Crippen molar-refractivity contribution in [2.24, 2.45) is 0 Å². The molecule has 3 heteroatoms. The standard InChI is InChI=1S/C2HBO2/c4-2-1-3-5/h4H. The van der Waals surface area contributed by atoms with Crippen LogP contribution in [0.2, 0.25) is 0 Å². The van der Waals surface area contributed by atoms with Crippen LogP contribution in [0.1, 0.15) is 0 Å². The topological polar surface area (TPSA) is 37.3 Å². The van der Waals surface area contributed by atoms with E-state index in [9.17, 15) is 0 Å². The van der Waals surface area contributed by atoms with Crippen molar-refractivity contribution >= 4 is 7.15 Å². The average Bonchev–Trinajstić information content (AvgIpc) is 1.41. The molecule has 0 amide bonds. The van der Waals surface area contributed by atoms with E-state index in [4.69, 9.17) is 9.81 Å². The third kappa shape index (κ3) is 3.22. The van der Waals surface area contributed by atoms with Gasteiger partial charge >= 0.3 is 28.9 Å². The summed E-state index contributed by atoms with van der Waals surface area (Å²) < 4.78 is 9.07. The second-order valence-corrected chi connectivity index (χ2v) is 0.374. The Morgan fingerprint density at radius 1 is 1.80 bits per heavy atom. The SMILES string of the molecule is O=BC#CO. The predicted octanol–water partition coefficient (Wildman–Crippen LogP) is -0.673. The fraction of sp³-hybridized carbons (Fsp3) is 0. The van der Waals surface area contributed by atoms with Crippen molar-refractivity contribution in [2.75, 3.05) is 0 Å². The maximum atomic E-state index is 9.07. The summed E-state index contributed by atoms with van der Waals surface area (Å²) in [5, 5.41) is 7.47. The van der Waals surface area contributed by atoms with Gasteiger partial charge in [0.05, 0.1) is 0 Å². The van der Waals surface area contributed by atoms with Crippen LogP contribution in [0.25, 0.3) is 0 Å². The van der Waals surface area contributed by atoms with Gasteiger partial charge in [-0.3, -0.25) is 0 Å². The van der Waals surface area contributed by atoms with Crippen molar-refractivity contribution < 1.29 is 9.81 Å². The van der Waals surface area contributed by atoms with E-state index >= 15 is 0 Å². The fourth-order valence-corrected chi connectivity index (χ4v) is 0.0264. The van der Waals surface area contributed by atoms with E-state index in [1.54, 1.807) is 5.82 Å². The van der Waals surface area contributed by atoms with E-state index in [0.29, 0.717) is 7.15 Å². The molecule has 24 valence electrons. The molecular formula is C2HBO2. The molecule has 0 rings (SSSR count). The maximum absolute atomic E-state index is 9.07. The molecular weight excluding hydrogens is 66.8 g/mol. The number of aliphatic hydroxyl groups is 1.